The fourth-order valence-corrected chi connectivity index (χ4v) is 2.41. The van der Waals surface area contributed by atoms with Crippen molar-refractivity contribution in [3.05, 3.63) is 22.2 Å². The molecule has 2 rings (SSSR count). The SMILES string of the molecule is COc1cc([C@H]2NC(=O)OCC2(F)F)c(OC)cc1Br. The second-order valence-corrected chi connectivity index (χ2v) is 5.00. The normalized spacial score (nSPS) is 20.9. The number of hydrogen-bond donors (Lipinski definition) is 1. The summed E-state index contributed by atoms with van der Waals surface area (Å²) in [5, 5.41) is 2.11. The minimum atomic E-state index is -3.25. The summed E-state index contributed by atoms with van der Waals surface area (Å²) in [5.41, 5.74) is 0.120. The molecular weight excluding hydrogens is 340 g/mol. The van der Waals surface area contributed by atoms with Crippen LogP contribution in [-0.4, -0.2) is 32.8 Å². The van der Waals surface area contributed by atoms with Crippen molar-refractivity contribution in [3.8, 4) is 11.5 Å². The minimum absolute atomic E-state index is 0.120. The number of carbonyl (C=O) groups is 1. The van der Waals surface area contributed by atoms with Gasteiger partial charge in [0.05, 0.1) is 18.7 Å². The summed E-state index contributed by atoms with van der Waals surface area (Å²) in [6.45, 7) is -0.981. The van der Waals surface area contributed by atoms with Gasteiger partial charge in [0.15, 0.2) is 6.61 Å². The first kappa shape index (κ1) is 14.8. The Kier molecular flexibility index (Phi) is 4.03. The predicted molar refractivity (Wildman–Crippen MR) is 69.4 cm³/mol. The Morgan fingerprint density at radius 1 is 1.35 bits per heavy atom. The van der Waals surface area contributed by atoms with E-state index in [4.69, 9.17) is 9.47 Å². The maximum Gasteiger partial charge on any atom is 0.408 e. The van der Waals surface area contributed by atoms with Gasteiger partial charge < -0.3 is 19.5 Å². The van der Waals surface area contributed by atoms with Crippen molar-refractivity contribution in [3.63, 3.8) is 0 Å². The largest absolute Gasteiger partial charge is 0.496 e. The van der Waals surface area contributed by atoms with Crippen LogP contribution >= 0.6 is 15.9 Å². The zero-order valence-corrected chi connectivity index (χ0v) is 12.3. The van der Waals surface area contributed by atoms with E-state index in [1.807, 2.05) is 0 Å². The van der Waals surface area contributed by atoms with E-state index in [1.54, 1.807) is 0 Å². The average molecular weight is 352 g/mol. The number of alkyl halides is 2. The maximum absolute atomic E-state index is 13.9. The first-order valence-corrected chi connectivity index (χ1v) is 6.41. The summed E-state index contributed by atoms with van der Waals surface area (Å²) in [6.07, 6.45) is -0.898. The Labute approximate surface area is 122 Å². The fourth-order valence-electron chi connectivity index (χ4n) is 1.93. The number of methoxy groups -OCH3 is 2. The number of benzene rings is 1. The summed E-state index contributed by atoms with van der Waals surface area (Å²) in [5.74, 6) is -2.68. The van der Waals surface area contributed by atoms with E-state index in [2.05, 4.69) is 26.0 Å². The second kappa shape index (κ2) is 5.43. The van der Waals surface area contributed by atoms with Crippen LogP contribution in [0.4, 0.5) is 13.6 Å². The molecule has 0 aliphatic carbocycles. The van der Waals surface area contributed by atoms with Gasteiger partial charge in [0.2, 0.25) is 0 Å². The minimum Gasteiger partial charge on any atom is -0.496 e. The van der Waals surface area contributed by atoms with Crippen LogP contribution in [0.15, 0.2) is 16.6 Å². The molecule has 1 aliphatic heterocycles. The fraction of sp³-hybridized carbons (Fsp3) is 0.417. The lowest BCUT2D eigenvalue weighted by Gasteiger charge is -2.32. The lowest BCUT2D eigenvalue weighted by atomic mass is 9.98. The Bertz CT molecular complexity index is 538. The Balaban J connectivity index is 2.51. The van der Waals surface area contributed by atoms with Gasteiger partial charge in [-0.2, -0.15) is 0 Å². The summed E-state index contributed by atoms with van der Waals surface area (Å²) in [6, 6.07) is 1.36. The molecule has 1 aliphatic rings. The van der Waals surface area contributed by atoms with E-state index in [9.17, 15) is 13.6 Å². The van der Waals surface area contributed by atoms with Crippen molar-refractivity contribution in [1.82, 2.24) is 5.32 Å². The number of alkyl carbamates (subject to hydrolysis) is 1. The molecular formula is C12H12BrF2NO4. The highest BCUT2D eigenvalue weighted by atomic mass is 79.9. The molecule has 0 bridgehead atoms. The van der Waals surface area contributed by atoms with E-state index >= 15 is 0 Å². The highest BCUT2D eigenvalue weighted by Crippen LogP contribution is 2.42. The molecule has 1 aromatic carbocycles. The number of carbonyl (C=O) groups excluding carboxylic acids is 1. The third-order valence-electron chi connectivity index (χ3n) is 2.90. The van der Waals surface area contributed by atoms with Gasteiger partial charge in [-0.05, 0) is 28.1 Å². The molecule has 1 N–H and O–H groups in total. The van der Waals surface area contributed by atoms with Gasteiger partial charge in [-0.3, -0.25) is 0 Å². The summed E-state index contributed by atoms with van der Waals surface area (Å²) in [7, 11) is 2.77. The number of nitrogens with one attached hydrogen (secondary N) is 1. The van der Waals surface area contributed by atoms with Crippen LogP contribution in [0, 0.1) is 0 Å². The molecule has 1 fully saturated rings. The van der Waals surface area contributed by atoms with Crippen molar-refractivity contribution < 1.29 is 27.8 Å². The molecule has 8 heteroatoms. The van der Waals surface area contributed by atoms with Gasteiger partial charge in [0, 0.05) is 5.56 Å². The van der Waals surface area contributed by atoms with Crippen molar-refractivity contribution in [1.29, 1.82) is 0 Å². The Morgan fingerprint density at radius 3 is 2.60 bits per heavy atom. The van der Waals surface area contributed by atoms with Crippen LogP contribution in [0.3, 0.4) is 0 Å². The number of ether oxygens (including phenoxy) is 3. The summed E-state index contributed by atoms with van der Waals surface area (Å²) < 4.78 is 42.9. The molecule has 0 spiro atoms. The lowest BCUT2D eigenvalue weighted by Crippen LogP contribution is -2.49. The molecule has 1 amide bonds. The summed E-state index contributed by atoms with van der Waals surface area (Å²) >= 11 is 3.24. The van der Waals surface area contributed by atoms with Gasteiger partial charge >= 0.3 is 12.0 Å². The van der Waals surface area contributed by atoms with Crippen molar-refractivity contribution in [2.75, 3.05) is 20.8 Å². The first-order valence-electron chi connectivity index (χ1n) is 5.61. The van der Waals surface area contributed by atoms with E-state index in [0.717, 1.165) is 0 Å². The zero-order chi connectivity index (χ0) is 14.9. The molecule has 0 unspecified atom stereocenters. The highest BCUT2D eigenvalue weighted by Gasteiger charge is 2.48. The van der Waals surface area contributed by atoms with E-state index < -0.39 is 24.7 Å². The van der Waals surface area contributed by atoms with Gasteiger partial charge in [0.1, 0.15) is 17.5 Å². The third kappa shape index (κ3) is 2.65. The zero-order valence-electron chi connectivity index (χ0n) is 10.7. The first-order chi connectivity index (χ1) is 9.39. The lowest BCUT2D eigenvalue weighted by molar-refractivity contribution is -0.104. The molecule has 1 heterocycles. The molecule has 1 saturated heterocycles. The van der Waals surface area contributed by atoms with Crippen LogP contribution < -0.4 is 14.8 Å². The predicted octanol–water partition coefficient (Wildman–Crippen LogP) is 2.88. The van der Waals surface area contributed by atoms with E-state index in [0.29, 0.717) is 10.2 Å². The van der Waals surface area contributed by atoms with Crippen molar-refractivity contribution >= 4 is 22.0 Å². The third-order valence-corrected chi connectivity index (χ3v) is 3.52. The quantitative estimate of drug-likeness (QED) is 0.909. The van der Waals surface area contributed by atoms with Gasteiger partial charge in [0.25, 0.3) is 0 Å². The van der Waals surface area contributed by atoms with Crippen LogP contribution in [0.25, 0.3) is 0 Å². The number of hydrogen-bond acceptors (Lipinski definition) is 4. The van der Waals surface area contributed by atoms with E-state index in [-0.39, 0.29) is 11.3 Å². The second-order valence-electron chi connectivity index (χ2n) is 4.14. The number of amides is 1. The molecule has 0 radical (unpaired) electrons. The van der Waals surface area contributed by atoms with Crippen LogP contribution in [0.2, 0.25) is 0 Å². The van der Waals surface area contributed by atoms with Crippen molar-refractivity contribution in [2.24, 2.45) is 0 Å². The Hall–Kier alpha value is -1.57. The van der Waals surface area contributed by atoms with Gasteiger partial charge in [-0.1, -0.05) is 0 Å². The number of rotatable bonds is 3. The number of cyclic esters (lactones) is 1. The monoisotopic (exact) mass is 351 g/mol. The summed E-state index contributed by atoms with van der Waals surface area (Å²) in [4.78, 5) is 11.2. The number of halogens is 3. The molecule has 1 atom stereocenters. The van der Waals surface area contributed by atoms with Gasteiger partial charge in [-0.15, -0.1) is 0 Å². The topological polar surface area (TPSA) is 56.8 Å². The van der Waals surface area contributed by atoms with Crippen LogP contribution in [0.5, 0.6) is 11.5 Å². The van der Waals surface area contributed by atoms with Crippen LogP contribution in [0.1, 0.15) is 11.6 Å². The highest BCUT2D eigenvalue weighted by molar-refractivity contribution is 9.10. The molecule has 1 aromatic rings. The standard InChI is InChI=1S/C12H12BrF2NO4/c1-18-8-4-7(13)9(19-2)3-6(8)10-12(14,15)5-20-11(17)16-10/h3-4,10H,5H2,1-2H3,(H,16,17)/t10-/m1/s1. The molecule has 110 valence electrons. The van der Waals surface area contributed by atoms with Crippen LogP contribution in [-0.2, 0) is 4.74 Å². The Morgan fingerprint density at radius 2 is 2.00 bits per heavy atom. The molecule has 0 saturated carbocycles. The maximum atomic E-state index is 13.9. The average Bonchev–Trinajstić information content (AvgIpc) is 2.41. The van der Waals surface area contributed by atoms with Crippen molar-refractivity contribution in [2.45, 2.75) is 12.0 Å². The molecule has 0 aromatic heterocycles. The molecule has 20 heavy (non-hydrogen) atoms. The molecule has 5 nitrogen and oxygen atoms in total. The van der Waals surface area contributed by atoms with E-state index in [1.165, 1.54) is 26.4 Å². The van der Waals surface area contributed by atoms with Gasteiger partial charge in [-0.25, -0.2) is 13.6 Å². The smallest absolute Gasteiger partial charge is 0.408 e.